The van der Waals surface area contributed by atoms with Gasteiger partial charge in [-0.25, -0.2) is 4.98 Å². The molecule has 2 aromatic carbocycles. The molecule has 0 aliphatic carbocycles. The van der Waals surface area contributed by atoms with Gasteiger partial charge < -0.3 is 9.88 Å². The number of benzene rings is 2. The van der Waals surface area contributed by atoms with E-state index in [1.54, 1.807) is 41.0 Å². The molecule has 2 heterocycles. The van der Waals surface area contributed by atoms with Gasteiger partial charge in [-0.05, 0) is 68.7 Å². The molecule has 4 rings (SSSR count). The number of carbonyl (C=O) groups excluding carboxylic acids is 2. The molecule has 0 aliphatic heterocycles. The van der Waals surface area contributed by atoms with Crippen molar-refractivity contribution in [2.24, 2.45) is 0 Å². The van der Waals surface area contributed by atoms with Crippen molar-refractivity contribution < 1.29 is 9.59 Å². The molecule has 0 saturated carbocycles. The van der Waals surface area contributed by atoms with E-state index in [0.717, 1.165) is 17.3 Å². The third-order valence-electron chi connectivity index (χ3n) is 5.84. The van der Waals surface area contributed by atoms with Crippen molar-refractivity contribution in [2.45, 2.75) is 39.3 Å². The lowest BCUT2D eigenvalue weighted by Gasteiger charge is -2.16. The van der Waals surface area contributed by atoms with Crippen LogP contribution in [0.2, 0.25) is 0 Å². The molecule has 0 bridgehead atoms. The molecule has 0 spiro atoms. The normalized spacial score (nSPS) is 11.9. The van der Waals surface area contributed by atoms with Crippen LogP contribution in [0.25, 0.3) is 11.0 Å². The highest BCUT2D eigenvalue weighted by molar-refractivity contribution is 9.10. The van der Waals surface area contributed by atoms with E-state index in [2.05, 4.69) is 38.4 Å². The summed E-state index contributed by atoms with van der Waals surface area (Å²) in [7, 11) is 0. The SMILES string of the molecule is Cc1ccc2c(=O)c(C(=O)c3ccc(Br)cc3)cn(CC(=O)N[C@H](C)CCc3ccccc3)c2n1. The summed E-state index contributed by atoms with van der Waals surface area (Å²) in [6, 6.07) is 20.3. The zero-order chi connectivity index (χ0) is 24.9. The number of fused-ring (bicyclic) bond motifs is 1. The summed E-state index contributed by atoms with van der Waals surface area (Å²) in [5.41, 5.74) is 2.33. The predicted molar refractivity (Wildman–Crippen MR) is 141 cm³/mol. The highest BCUT2D eigenvalue weighted by Crippen LogP contribution is 2.16. The van der Waals surface area contributed by atoms with Crippen molar-refractivity contribution in [3.8, 4) is 0 Å². The zero-order valence-corrected chi connectivity index (χ0v) is 21.2. The number of hydrogen-bond donors (Lipinski definition) is 1. The summed E-state index contributed by atoms with van der Waals surface area (Å²) in [5.74, 6) is -0.601. The molecule has 2 aromatic heterocycles. The van der Waals surface area contributed by atoms with Gasteiger partial charge in [0.15, 0.2) is 5.78 Å². The van der Waals surface area contributed by atoms with Gasteiger partial charge >= 0.3 is 0 Å². The Kier molecular flexibility index (Phi) is 7.56. The fourth-order valence-electron chi connectivity index (χ4n) is 3.97. The Balaban J connectivity index is 1.59. The third-order valence-corrected chi connectivity index (χ3v) is 6.37. The molecule has 0 unspecified atom stereocenters. The van der Waals surface area contributed by atoms with Crippen molar-refractivity contribution in [3.05, 3.63) is 110 Å². The molecular formula is C28H26BrN3O3. The quantitative estimate of drug-likeness (QED) is 0.330. The Hall–Kier alpha value is -3.58. The Labute approximate surface area is 212 Å². The van der Waals surface area contributed by atoms with E-state index < -0.39 is 11.2 Å². The standard InChI is InChI=1S/C28H26BrN3O3/c1-18(8-10-20-6-4-3-5-7-20)30-25(33)17-32-16-24(26(34)21-11-13-22(29)14-12-21)27(35)23-15-9-19(2)31-28(23)32/h3-7,9,11-16,18H,8,10,17H2,1-2H3,(H,30,33)/t18-/m1/s1. The van der Waals surface area contributed by atoms with E-state index in [4.69, 9.17) is 0 Å². The largest absolute Gasteiger partial charge is 0.352 e. The minimum atomic E-state index is -0.395. The van der Waals surface area contributed by atoms with Crippen molar-refractivity contribution in [1.29, 1.82) is 0 Å². The molecule has 35 heavy (non-hydrogen) atoms. The number of rotatable bonds is 8. The van der Waals surface area contributed by atoms with Gasteiger partial charge in [0.2, 0.25) is 11.3 Å². The van der Waals surface area contributed by atoms with Crippen LogP contribution in [0.1, 0.15) is 40.5 Å². The summed E-state index contributed by atoms with van der Waals surface area (Å²) in [4.78, 5) is 43.8. The highest BCUT2D eigenvalue weighted by atomic mass is 79.9. The summed E-state index contributed by atoms with van der Waals surface area (Å²) < 4.78 is 2.43. The number of carbonyl (C=O) groups is 2. The van der Waals surface area contributed by atoms with Gasteiger partial charge in [-0.15, -0.1) is 0 Å². The number of aryl methyl sites for hydroxylation is 2. The highest BCUT2D eigenvalue weighted by Gasteiger charge is 2.19. The van der Waals surface area contributed by atoms with Gasteiger partial charge in [0, 0.05) is 28.0 Å². The van der Waals surface area contributed by atoms with Crippen LogP contribution in [-0.2, 0) is 17.8 Å². The Morgan fingerprint density at radius 2 is 1.74 bits per heavy atom. The van der Waals surface area contributed by atoms with Gasteiger partial charge in [-0.2, -0.15) is 0 Å². The van der Waals surface area contributed by atoms with Crippen molar-refractivity contribution >= 4 is 38.7 Å². The molecule has 1 amide bonds. The van der Waals surface area contributed by atoms with Gasteiger partial charge in [0.05, 0.1) is 10.9 Å². The Bertz CT molecular complexity index is 1430. The third kappa shape index (κ3) is 5.92. The van der Waals surface area contributed by atoms with Crippen LogP contribution in [-0.4, -0.2) is 27.3 Å². The van der Waals surface area contributed by atoms with Crippen LogP contribution in [0.4, 0.5) is 0 Å². The smallest absolute Gasteiger partial charge is 0.240 e. The monoisotopic (exact) mass is 531 g/mol. The number of hydrogen-bond acceptors (Lipinski definition) is 4. The lowest BCUT2D eigenvalue weighted by atomic mass is 10.0. The fraction of sp³-hybridized carbons (Fsp3) is 0.214. The lowest BCUT2D eigenvalue weighted by molar-refractivity contribution is -0.122. The average molecular weight is 532 g/mol. The maximum atomic E-state index is 13.2. The maximum absolute atomic E-state index is 13.2. The molecule has 1 atom stereocenters. The molecule has 4 aromatic rings. The van der Waals surface area contributed by atoms with E-state index in [9.17, 15) is 14.4 Å². The van der Waals surface area contributed by atoms with Crippen molar-refractivity contribution in [3.63, 3.8) is 0 Å². The number of halogens is 1. The fourth-order valence-corrected chi connectivity index (χ4v) is 4.24. The second kappa shape index (κ2) is 10.8. The first-order chi connectivity index (χ1) is 16.8. The number of amides is 1. The number of aromatic nitrogens is 2. The van der Waals surface area contributed by atoms with E-state index in [0.29, 0.717) is 22.3 Å². The van der Waals surface area contributed by atoms with Crippen LogP contribution >= 0.6 is 15.9 Å². The number of nitrogens with zero attached hydrogens (tertiary/aromatic N) is 2. The molecule has 0 radical (unpaired) electrons. The van der Waals surface area contributed by atoms with E-state index in [1.807, 2.05) is 32.0 Å². The van der Waals surface area contributed by atoms with E-state index in [-0.39, 0.29) is 24.1 Å². The number of ketones is 1. The van der Waals surface area contributed by atoms with Crippen LogP contribution in [0.5, 0.6) is 0 Å². The van der Waals surface area contributed by atoms with Gasteiger partial charge in [-0.1, -0.05) is 46.3 Å². The Morgan fingerprint density at radius 3 is 2.46 bits per heavy atom. The van der Waals surface area contributed by atoms with Crippen LogP contribution in [0, 0.1) is 6.92 Å². The molecular weight excluding hydrogens is 506 g/mol. The first-order valence-electron chi connectivity index (χ1n) is 11.5. The molecule has 0 aliphatic rings. The second-order valence-electron chi connectivity index (χ2n) is 8.65. The molecule has 0 fully saturated rings. The topological polar surface area (TPSA) is 81.1 Å². The molecule has 6 nitrogen and oxygen atoms in total. The molecule has 0 saturated heterocycles. The first kappa shape index (κ1) is 24.5. The summed E-state index contributed by atoms with van der Waals surface area (Å²) in [6.07, 6.45) is 3.11. The average Bonchev–Trinajstić information content (AvgIpc) is 2.85. The van der Waals surface area contributed by atoms with E-state index in [1.165, 1.54) is 11.8 Å². The summed E-state index contributed by atoms with van der Waals surface area (Å²) in [6.45, 7) is 3.74. The van der Waals surface area contributed by atoms with Gasteiger partial charge in [-0.3, -0.25) is 14.4 Å². The number of nitrogens with one attached hydrogen (secondary N) is 1. The van der Waals surface area contributed by atoms with Gasteiger partial charge in [0.25, 0.3) is 0 Å². The zero-order valence-electron chi connectivity index (χ0n) is 19.6. The Morgan fingerprint density at radius 1 is 1.03 bits per heavy atom. The second-order valence-corrected chi connectivity index (χ2v) is 9.57. The van der Waals surface area contributed by atoms with Gasteiger partial charge in [0.1, 0.15) is 12.2 Å². The first-order valence-corrected chi connectivity index (χ1v) is 12.3. The van der Waals surface area contributed by atoms with Crippen LogP contribution in [0.3, 0.4) is 0 Å². The minimum Gasteiger partial charge on any atom is -0.352 e. The molecule has 7 heteroatoms. The minimum absolute atomic E-state index is 0.00963. The summed E-state index contributed by atoms with van der Waals surface area (Å²) >= 11 is 3.36. The van der Waals surface area contributed by atoms with Crippen molar-refractivity contribution in [1.82, 2.24) is 14.9 Å². The molecule has 1 N–H and O–H groups in total. The van der Waals surface area contributed by atoms with Crippen LogP contribution in [0.15, 0.2) is 82.2 Å². The van der Waals surface area contributed by atoms with E-state index >= 15 is 0 Å². The predicted octanol–water partition coefficient (Wildman–Crippen LogP) is 4.84. The van der Waals surface area contributed by atoms with Crippen LogP contribution < -0.4 is 10.7 Å². The maximum Gasteiger partial charge on any atom is 0.240 e. The summed E-state index contributed by atoms with van der Waals surface area (Å²) in [5, 5.41) is 3.33. The lowest BCUT2D eigenvalue weighted by Crippen LogP contribution is -2.36. The molecule has 178 valence electrons. The number of pyridine rings is 2. The van der Waals surface area contributed by atoms with Crippen molar-refractivity contribution in [2.75, 3.05) is 0 Å².